The number of ether oxygens (including phenoxy) is 1. The number of carbonyl (C=O) groups is 1. The van der Waals surface area contributed by atoms with Crippen LogP contribution in [-0.4, -0.2) is 23.4 Å². The molecule has 0 aliphatic carbocycles. The third kappa shape index (κ3) is 1.31. The van der Waals surface area contributed by atoms with Crippen LogP contribution >= 0.6 is 11.8 Å². The molecule has 82 valence electrons. The van der Waals surface area contributed by atoms with E-state index in [1.165, 1.54) is 16.7 Å². The third-order valence-corrected chi connectivity index (χ3v) is 3.59. The first kappa shape index (κ1) is 9.72. The van der Waals surface area contributed by atoms with Gasteiger partial charge >= 0.3 is 0 Å². The second-order valence-corrected chi connectivity index (χ2v) is 4.64. The van der Waals surface area contributed by atoms with Gasteiger partial charge in [0.1, 0.15) is 5.75 Å². The van der Waals surface area contributed by atoms with Gasteiger partial charge in [0.05, 0.1) is 18.0 Å². The summed E-state index contributed by atoms with van der Waals surface area (Å²) < 4.78 is 5.45. The van der Waals surface area contributed by atoms with Gasteiger partial charge in [-0.1, -0.05) is 17.8 Å². The Labute approximate surface area is 97.1 Å². The Morgan fingerprint density at radius 2 is 2.31 bits per heavy atom. The predicted molar refractivity (Wildman–Crippen MR) is 63.3 cm³/mol. The normalized spacial score (nSPS) is 18.9. The molecular formula is C11H10N2O2S. The van der Waals surface area contributed by atoms with Gasteiger partial charge in [0.2, 0.25) is 5.91 Å². The molecule has 1 fully saturated rings. The van der Waals surface area contributed by atoms with Gasteiger partial charge < -0.3 is 4.74 Å². The van der Waals surface area contributed by atoms with Crippen LogP contribution in [0.5, 0.6) is 5.75 Å². The number of amides is 1. The van der Waals surface area contributed by atoms with Crippen LogP contribution < -0.4 is 9.64 Å². The van der Waals surface area contributed by atoms with E-state index >= 15 is 0 Å². The molecule has 3 rings (SSSR count). The summed E-state index contributed by atoms with van der Waals surface area (Å²) in [6.07, 6.45) is 0.813. The highest BCUT2D eigenvalue weighted by Crippen LogP contribution is 2.36. The van der Waals surface area contributed by atoms with Crippen LogP contribution in [0, 0.1) is 5.41 Å². The second-order valence-electron chi connectivity index (χ2n) is 3.68. The SMILES string of the molecule is N=C1SCC(=O)N1c1cccc2c1CCO2. The van der Waals surface area contributed by atoms with Crippen molar-refractivity contribution in [2.45, 2.75) is 6.42 Å². The molecule has 0 atom stereocenters. The molecule has 0 bridgehead atoms. The molecule has 2 heterocycles. The minimum absolute atomic E-state index is 0.0182. The van der Waals surface area contributed by atoms with Crippen LogP contribution in [0.4, 0.5) is 5.69 Å². The van der Waals surface area contributed by atoms with Crippen LogP contribution in [0.15, 0.2) is 18.2 Å². The molecule has 1 aromatic rings. The fourth-order valence-corrected chi connectivity index (χ4v) is 2.75. The van der Waals surface area contributed by atoms with E-state index < -0.39 is 0 Å². The number of nitrogens with one attached hydrogen (secondary N) is 1. The summed E-state index contributed by atoms with van der Waals surface area (Å²) in [4.78, 5) is 13.2. The van der Waals surface area contributed by atoms with E-state index in [-0.39, 0.29) is 5.91 Å². The lowest BCUT2D eigenvalue weighted by atomic mass is 10.1. The zero-order valence-corrected chi connectivity index (χ0v) is 9.34. The van der Waals surface area contributed by atoms with Gasteiger partial charge in [-0.3, -0.25) is 15.1 Å². The number of benzene rings is 1. The molecule has 1 N–H and O–H groups in total. The largest absolute Gasteiger partial charge is 0.493 e. The van der Waals surface area contributed by atoms with Gasteiger partial charge in [0.15, 0.2) is 5.17 Å². The molecule has 1 amide bonds. The van der Waals surface area contributed by atoms with Crippen molar-refractivity contribution in [3.63, 3.8) is 0 Å². The highest BCUT2D eigenvalue weighted by atomic mass is 32.2. The number of thioether (sulfide) groups is 1. The van der Waals surface area contributed by atoms with E-state index in [9.17, 15) is 4.79 Å². The van der Waals surface area contributed by atoms with Gasteiger partial charge in [-0.15, -0.1) is 0 Å². The summed E-state index contributed by atoms with van der Waals surface area (Å²) in [6.45, 7) is 0.662. The van der Waals surface area contributed by atoms with E-state index in [0.29, 0.717) is 17.5 Å². The molecular weight excluding hydrogens is 224 g/mol. The fourth-order valence-electron chi connectivity index (χ4n) is 2.03. The number of amidine groups is 1. The molecule has 0 radical (unpaired) electrons. The Morgan fingerprint density at radius 3 is 3.06 bits per heavy atom. The van der Waals surface area contributed by atoms with Crippen molar-refractivity contribution in [3.05, 3.63) is 23.8 Å². The summed E-state index contributed by atoms with van der Waals surface area (Å²) in [6, 6.07) is 5.65. The first-order valence-electron chi connectivity index (χ1n) is 5.06. The smallest absolute Gasteiger partial charge is 0.243 e. The summed E-state index contributed by atoms with van der Waals surface area (Å²) >= 11 is 1.27. The molecule has 0 unspecified atom stereocenters. The highest BCUT2D eigenvalue weighted by Gasteiger charge is 2.31. The molecule has 2 aliphatic rings. The average molecular weight is 234 g/mol. The monoisotopic (exact) mass is 234 g/mol. The molecule has 0 aromatic heterocycles. The van der Waals surface area contributed by atoms with Crippen LogP contribution in [0.3, 0.4) is 0 Å². The minimum Gasteiger partial charge on any atom is -0.493 e. The zero-order chi connectivity index (χ0) is 11.1. The molecule has 2 aliphatic heterocycles. The molecule has 5 heteroatoms. The third-order valence-electron chi connectivity index (χ3n) is 2.74. The van der Waals surface area contributed by atoms with E-state index in [4.69, 9.17) is 10.1 Å². The summed E-state index contributed by atoms with van der Waals surface area (Å²) in [5.74, 6) is 1.19. The highest BCUT2D eigenvalue weighted by molar-refractivity contribution is 8.15. The maximum atomic E-state index is 11.7. The number of carbonyl (C=O) groups excluding carboxylic acids is 1. The summed E-state index contributed by atoms with van der Waals surface area (Å²) in [5, 5.41) is 8.07. The van der Waals surface area contributed by atoms with Gasteiger partial charge in [-0.2, -0.15) is 0 Å². The van der Waals surface area contributed by atoms with Crippen molar-refractivity contribution in [1.82, 2.24) is 0 Å². The minimum atomic E-state index is -0.0182. The molecule has 16 heavy (non-hydrogen) atoms. The number of hydrogen-bond donors (Lipinski definition) is 1. The molecule has 4 nitrogen and oxygen atoms in total. The number of fused-ring (bicyclic) bond motifs is 1. The Kier molecular flexibility index (Phi) is 2.14. The average Bonchev–Trinajstić information content (AvgIpc) is 2.86. The Bertz CT molecular complexity index is 471. The van der Waals surface area contributed by atoms with E-state index in [1.54, 1.807) is 0 Å². The van der Waals surface area contributed by atoms with Crippen molar-refractivity contribution in [2.75, 3.05) is 17.3 Å². The summed E-state index contributed by atoms with van der Waals surface area (Å²) in [7, 11) is 0. The van der Waals surface area contributed by atoms with E-state index in [2.05, 4.69) is 0 Å². The Balaban J connectivity index is 2.10. The lowest BCUT2D eigenvalue weighted by molar-refractivity contribution is -0.115. The standard InChI is InChI=1S/C11H10N2O2S/c12-11-13(10(14)6-16-11)8-2-1-3-9-7(8)4-5-15-9/h1-3,12H,4-6H2. The topological polar surface area (TPSA) is 53.4 Å². The maximum Gasteiger partial charge on any atom is 0.243 e. The zero-order valence-electron chi connectivity index (χ0n) is 8.53. The number of rotatable bonds is 1. The molecule has 0 spiro atoms. The van der Waals surface area contributed by atoms with Gasteiger partial charge in [0, 0.05) is 12.0 Å². The fraction of sp³-hybridized carbons (Fsp3) is 0.273. The van der Waals surface area contributed by atoms with Crippen molar-refractivity contribution in [1.29, 1.82) is 5.41 Å². The van der Waals surface area contributed by atoms with Crippen LogP contribution in [0.2, 0.25) is 0 Å². The van der Waals surface area contributed by atoms with Gasteiger partial charge in [-0.25, -0.2) is 0 Å². The molecule has 0 saturated carbocycles. The van der Waals surface area contributed by atoms with Gasteiger partial charge in [0.25, 0.3) is 0 Å². The number of anilines is 1. The first-order valence-corrected chi connectivity index (χ1v) is 6.05. The van der Waals surface area contributed by atoms with Crippen molar-refractivity contribution in [2.24, 2.45) is 0 Å². The Hall–Kier alpha value is -1.49. The lowest BCUT2D eigenvalue weighted by Gasteiger charge is -2.17. The van der Waals surface area contributed by atoms with E-state index in [0.717, 1.165) is 23.4 Å². The van der Waals surface area contributed by atoms with E-state index in [1.807, 2.05) is 18.2 Å². The molecule has 1 aromatic carbocycles. The van der Waals surface area contributed by atoms with Gasteiger partial charge in [-0.05, 0) is 12.1 Å². The maximum absolute atomic E-state index is 11.7. The van der Waals surface area contributed by atoms with Crippen molar-refractivity contribution < 1.29 is 9.53 Å². The van der Waals surface area contributed by atoms with Crippen molar-refractivity contribution in [3.8, 4) is 5.75 Å². The van der Waals surface area contributed by atoms with Crippen LogP contribution in [-0.2, 0) is 11.2 Å². The van der Waals surface area contributed by atoms with Crippen molar-refractivity contribution >= 4 is 28.5 Å². The van der Waals surface area contributed by atoms with Crippen LogP contribution in [0.1, 0.15) is 5.56 Å². The van der Waals surface area contributed by atoms with Crippen LogP contribution in [0.25, 0.3) is 0 Å². The number of hydrogen-bond acceptors (Lipinski definition) is 4. The first-order chi connectivity index (χ1) is 7.77. The predicted octanol–water partition coefficient (Wildman–Crippen LogP) is 1.64. The molecule has 1 saturated heterocycles. The Morgan fingerprint density at radius 1 is 1.44 bits per heavy atom. The number of nitrogens with zero attached hydrogens (tertiary/aromatic N) is 1. The second kappa shape index (κ2) is 3.52. The summed E-state index contributed by atoms with van der Waals surface area (Å²) in [5.41, 5.74) is 1.86. The quantitative estimate of drug-likeness (QED) is 0.803. The lowest BCUT2D eigenvalue weighted by Crippen LogP contribution is -2.29.